The van der Waals surface area contributed by atoms with E-state index in [-0.39, 0.29) is 12.5 Å². The number of nitrogens with one attached hydrogen (secondary N) is 1. The van der Waals surface area contributed by atoms with Crippen molar-refractivity contribution >= 4 is 23.2 Å². The number of hydrogen-bond acceptors (Lipinski definition) is 4. The third-order valence-corrected chi connectivity index (χ3v) is 3.09. The molecule has 0 aliphatic heterocycles. The number of carbonyl (C=O) groups excluding carboxylic acids is 1. The molecule has 6 heteroatoms. The molecule has 1 N–H and O–H groups in total. The Labute approximate surface area is 127 Å². The number of nitrogens with zero attached hydrogens (tertiary/aromatic N) is 4. The van der Waals surface area contributed by atoms with Gasteiger partial charge in [0.1, 0.15) is 17.6 Å². The van der Waals surface area contributed by atoms with Crippen LogP contribution in [-0.2, 0) is 11.3 Å². The minimum Gasteiger partial charge on any atom is -0.271 e. The molecule has 0 unspecified atom stereocenters. The first-order valence-electron chi connectivity index (χ1n) is 6.89. The van der Waals surface area contributed by atoms with Crippen LogP contribution >= 0.6 is 0 Å². The van der Waals surface area contributed by atoms with Gasteiger partial charge in [0.15, 0.2) is 0 Å². The molecule has 1 amide bonds. The van der Waals surface area contributed by atoms with Gasteiger partial charge < -0.3 is 0 Å². The summed E-state index contributed by atoms with van der Waals surface area (Å²) in [4.78, 5) is 13.2. The molecule has 0 bridgehead atoms. The van der Waals surface area contributed by atoms with Crippen molar-refractivity contribution in [1.82, 2.24) is 20.4 Å². The number of amides is 1. The standard InChI is InChI=1S/C16H15N5O/c1-12-6-8-13(9-7-12)10-17-18-16(22)11-21-19-14-4-2-3-5-15(14)20-21/h2-10H,11H2,1H3,(H,18,22)/b17-10+. The highest BCUT2D eigenvalue weighted by Crippen LogP contribution is 2.06. The lowest BCUT2D eigenvalue weighted by molar-refractivity contribution is -0.122. The van der Waals surface area contributed by atoms with E-state index in [4.69, 9.17) is 0 Å². The fraction of sp³-hybridized carbons (Fsp3) is 0.125. The van der Waals surface area contributed by atoms with E-state index in [0.29, 0.717) is 0 Å². The van der Waals surface area contributed by atoms with Gasteiger partial charge >= 0.3 is 0 Å². The van der Waals surface area contributed by atoms with Crippen LogP contribution in [0.3, 0.4) is 0 Å². The molecule has 1 heterocycles. The normalized spacial score (nSPS) is 11.1. The molecular weight excluding hydrogens is 278 g/mol. The molecular formula is C16H15N5O. The van der Waals surface area contributed by atoms with Crippen molar-refractivity contribution < 1.29 is 4.79 Å². The van der Waals surface area contributed by atoms with Crippen molar-refractivity contribution in [1.29, 1.82) is 0 Å². The lowest BCUT2D eigenvalue weighted by Crippen LogP contribution is -2.24. The van der Waals surface area contributed by atoms with E-state index in [2.05, 4.69) is 20.7 Å². The van der Waals surface area contributed by atoms with E-state index in [1.807, 2.05) is 55.5 Å². The summed E-state index contributed by atoms with van der Waals surface area (Å²) in [5.41, 5.74) is 6.10. The first-order valence-corrected chi connectivity index (χ1v) is 6.89. The number of rotatable bonds is 4. The molecule has 3 rings (SSSR count). The van der Waals surface area contributed by atoms with E-state index < -0.39 is 0 Å². The average Bonchev–Trinajstić information content (AvgIpc) is 2.91. The van der Waals surface area contributed by atoms with Gasteiger partial charge in [-0.3, -0.25) is 4.79 Å². The van der Waals surface area contributed by atoms with Crippen molar-refractivity contribution in [3.63, 3.8) is 0 Å². The van der Waals surface area contributed by atoms with E-state index in [0.717, 1.165) is 16.6 Å². The molecule has 0 saturated heterocycles. The lowest BCUT2D eigenvalue weighted by Gasteiger charge is -1.99. The SMILES string of the molecule is Cc1ccc(/C=N/NC(=O)Cn2nc3ccccc3n2)cc1. The first kappa shape index (κ1) is 13.9. The number of benzene rings is 2. The third-order valence-electron chi connectivity index (χ3n) is 3.09. The predicted molar refractivity (Wildman–Crippen MR) is 84.4 cm³/mol. The quantitative estimate of drug-likeness (QED) is 0.590. The highest BCUT2D eigenvalue weighted by molar-refractivity contribution is 5.82. The second kappa shape index (κ2) is 6.17. The van der Waals surface area contributed by atoms with Gasteiger partial charge in [0.25, 0.3) is 5.91 Å². The van der Waals surface area contributed by atoms with Crippen LogP contribution in [0.1, 0.15) is 11.1 Å². The smallest absolute Gasteiger partial charge is 0.263 e. The molecule has 22 heavy (non-hydrogen) atoms. The molecule has 0 spiro atoms. The summed E-state index contributed by atoms with van der Waals surface area (Å²) in [6.07, 6.45) is 1.60. The van der Waals surface area contributed by atoms with E-state index >= 15 is 0 Å². The molecule has 1 aromatic heterocycles. The van der Waals surface area contributed by atoms with E-state index in [1.54, 1.807) is 6.21 Å². The molecule has 0 fully saturated rings. The molecule has 0 saturated carbocycles. The maximum Gasteiger partial charge on any atom is 0.263 e. The topological polar surface area (TPSA) is 72.2 Å². The van der Waals surface area contributed by atoms with Crippen LogP contribution < -0.4 is 5.43 Å². The number of hydrogen-bond donors (Lipinski definition) is 1. The Bertz CT molecular complexity index is 787. The third kappa shape index (κ3) is 3.35. The van der Waals surface area contributed by atoms with Crippen molar-refractivity contribution in [2.75, 3.05) is 0 Å². The Morgan fingerprint density at radius 3 is 2.41 bits per heavy atom. The summed E-state index contributed by atoms with van der Waals surface area (Å²) >= 11 is 0. The molecule has 3 aromatic rings. The number of fused-ring (bicyclic) bond motifs is 1. The van der Waals surface area contributed by atoms with Gasteiger partial charge in [-0.05, 0) is 24.6 Å². The minimum absolute atomic E-state index is 0.0277. The van der Waals surface area contributed by atoms with Crippen LogP contribution in [0, 0.1) is 6.92 Å². The number of carbonyl (C=O) groups is 1. The molecule has 2 aromatic carbocycles. The fourth-order valence-electron chi connectivity index (χ4n) is 1.97. The first-order chi connectivity index (χ1) is 10.7. The van der Waals surface area contributed by atoms with E-state index in [1.165, 1.54) is 10.4 Å². The summed E-state index contributed by atoms with van der Waals surface area (Å²) in [5.74, 6) is -0.274. The molecule has 0 radical (unpaired) electrons. The summed E-state index contributed by atoms with van der Waals surface area (Å²) in [7, 11) is 0. The second-order valence-corrected chi connectivity index (χ2v) is 4.92. The maximum absolute atomic E-state index is 11.8. The largest absolute Gasteiger partial charge is 0.271 e. The number of hydrazone groups is 1. The lowest BCUT2D eigenvalue weighted by atomic mass is 10.2. The number of aryl methyl sites for hydroxylation is 1. The van der Waals surface area contributed by atoms with Gasteiger partial charge in [-0.25, -0.2) is 5.43 Å². The fourth-order valence-corrected chi connectivity index (χ4v) is 1.97. The molecule has 6 nitrogen and oxygen atoms in total. The van der Waals surface area contributed by atoms with Crippen LogP contribution in [0.5, 0.6) is 0 Å². The second-order valence-electron chi connectivity index (χ2n) is 4.92. The highest BCUT2D eigenvalue weighted by atomic mass is 16.2. The van der Waals surface area contributed by atoms with Crippen LogP contribution in [0.15, 0.2) is 53.6 Å². The Kier molecular flexibility index (Phi) is 3.91. The van der Waals surface area contributed by atoms with Gasteiger partial charge in [0.05, 0.1) is 6.21 Å². The van der Waals surface area contributed by atoms with Crippen LogP contribution in [-0.4, -0.2) is 27.1 Å². The zero-order valence-electron chi connectivity index (χ0n) is 12.1. The molecule has 0 aliphatic carbocycles. The minimum atomic E-state index is -0.274. The summed E-state index contributed by atoms with van der Waals surface area (Å²) in [5, 5.41) is 12.4. The van der Waals surface area contributed by atoms with Crippen molar-refractivity contribution in [3.8, 4) is 0 Å². The number of aromatic nitrogens is 3. The molecule has 0 atom stereocenters. The monoisotopic (exact) mass is 293 g/mol. The van der Waals surface area contributed by atoms with E-state index in [9.17, 15) is 4.79 Å². The van der Waals surface area contributed by atoms with Gasteiger partial charge in [0.2, 0.25) is 0 Å². The van der Waals surface area contributed by atoms with Gasteiger partial charge in [-0.15, -0.1) is 0 Å². The molecule has 0 aliphatic rings. The van der Waals surface area contributed by atoms with Crippen molar-refractivity contribution in [2.24, 2.45) is 5.10 Å². The molecule has 110 valence electrons. The Balaban J connectivity index is 1.59. The predicted octanol–water partition coefficient (Wildman–Crippen LogP) is 1.89. The van der Waals surface area contributed by atoms with Crippen LogP contribution in [0.4, 0.5) is 0 Å². The van der Waals surface area contributed by atoms with Crippen molar-refractivity contribution in [2.45, 2.75) is 13.5 Å². The van der Waals surface area contributed by atoms with Gasteiger partial charge in [0, 0.05) is 0 Å². The highest BCUT2D eigenvalue weighted by Gasteiger charge is 2.05. The van der Waals surface area contributed by atoms with Gasteiger partial charge in [-0.1, -0.05) is 42.0 Å². The average molecular weight is 293 g/mol. The van der Waals surface area contributed by atoms with Crippen LogP contribution in [0.25, 0.3) is 11.0 Å². The van der Waals surface area contributed by atoms with Crippen LogP contribution in [0.2, 0.25) is 0 Å². The Morgan fingerprint density at radius 1 is 1.14 bits per heavy atom. The van der Waals surface area contributed by atoms with Crippen molar-refractivity contribution in [3.05, 3.63) is 59.7 Å². The Hall–Kier alpha value is -3.02. The summed E-state index contributed by atoms with van der Waals surface area (Å²) in [6, 6.07) is 15.3. The Morgan fingerprint density at radius 2 is 1.77 bits per heavy atom. The summed E-state index contributed by atoms with van der Waals surface area (Å²) < 4.78 is 0. The van der Waals surface area contributed by atoms with Gasteiger partial charge in [-0.2, -0.15) is 20.1 Å². The zero-order chi connectivity index (χ0) is 15.4. The zero-order valence-corrected chi connectivity index (χ0v) is 12.1. The maximum atomic E-state index is 11.8. The summed E-state index contributed by atoms with van der Waals surface area (Å²) in [6.45, 7) is 2.05.